The predicted molar refractivity (Wildman–Crippen MR) is 146 cm³/mol. The molecule has 1 aromatic heterocycles. The van der Waals surface area contributed by atoms with Gasteiger partial charge in [-0.3, -0.25) is 0 Å². The topological polar surface area (TPSA) is 58.8 Å². The number of hydrogen-bond donors (Lipinski definition) is 0. The number of hydrogen-bond acceptors (Lipinski definition) is 4. The lowest BCUT2D eigenvalue weighted by molar-refractivity contribution is 0.302. The fourth-order valence-electron chi connectivity index (χ4n) is 4.48. The first-order valence-electron chi connectivity index (χ1n) is 14.4. The highest BCUT2D eigenvalue weighted by atomic mass is 19.1. The molecule has 2 aromatic rings. The van der Waals surface area contributed by atoms with E-state index in [1.54, 1.807) is 18.5 Å². The Hall–Kier alpha value is -2.48. The maximum atomic E-state index is 13.5. The molecule has 0 atom stereocenters. The van der Waals surface area contributed by atoms with Crippen molar-refractivity contribution in [2.45, 2.75) is 122 Å². The number of unbranched alkanes of at least 4 members (excludes halogenated alkanes) is 17. The zero-order chi connectivity index (χ0) is 25.7. The molecular formula is C31H46FN3O. The monoisotopic (exact) mass is 495 g/mol. The molecule has 0 aliphatic carbocycles. The Balaban J connectivity index is 1.39. The van der Waals surface area contributed by atoms with Crippen molar-refractivity contribution in [1.29, 1.82) is 5.26 Å². The van der Waals surface area contributed by atoms with E-state index >= 15 is 0 Å². The summed E-state index contributed by atoms with van der Waals surface area (Å²) in [7, 11) is 0. The van der Waals surface area contributed by atoms with Gasteiger partial charge in [0.05, 0.1) is 24.6 Å². The molecule has 4 nitrogen and oxygen atoms in total. The fourth-order valence-corrected chi connectivity index (χ4v) is 4.48. The molecule has 5 heteroatoms. The lowest BCUT2D eigenvalue weighted by Crippen LogP contribution is -1.99. The van der Waals surface area contributed by atoms with Gasteiger partial charge in [0, 0.05) is 5.56 Å². The summed E-state index contributed by atoms with van der Waals surface area (Å²) in [5.74, 6) is 0.547. The third-order valence-corrected chi connectivity index (χ3v) is 6.74. The van der Waals surface area contributed by atoms with Crippen molar-refractivity contribution in [1.82, 2.24) is 9.97 Å². The van der Waals surface area contributed by atoms with Gasteiger partial charge in [0.25, 0.3) is 0 Å². The normalized spacial score (nSPS) is 10.9. The lowest BCUT2D eigenvalue weighted by atomic mass is 10.0. The zero-order valence-corrected chi connectivity index (χ0v) is 22.4. The van der Waals surface area contributed by atoms with E-state index in [1.807, 2.05) is 6.07 Å². The summed E-state index contributed by atoms with van der Waals surface area (Å²) in [5.41, 5.74) is 0.605. The van der Waals surface area contributed by atoms with Crippen LogP contribution in [0.3, 0.4) is 0 Å². The zero-order valence-electron chi connectivity index (χ0n) is 22.4. The number of rotatable bonds is 21. The van der Waals surface area contributed by atoms with Crippen molar-refractivity contribution in [3.8, 4) is 23.2 Å². The van der Waals surface area contributed by atoms with E-state index in [-0.39, 0.29) is 5.56 Å². The maximum absolute atomic E-state index is 13.5. The van der Waals surface area contributed by atoms with E-state index in [9.17, 15) is 4.39 Å². The summed E-state index contributed by atoms with van der Waals surface area (Å²) in [6.45, 7) is 2.95. The van der Waals surface area contributed by atoms with Gasteiger partial charge in [-0.15, -0.1) is 0 Å². The molecule has 0 unspecified atom stereocenters. The average molecular weight is 496 g/mol. The Kier molecular flexibility index (Phi) is 16.3. The van der Waals surface area contributed by atoms with E-state index in [0.29, 0.717) is 23.7 Å². The quantitative estimate of drug-likeness (QED) is 0.162. The van der Waals surface area contributed by atoms with Crippen LogP contribution in [-0.4, -0.2) is 16.6 Å². The molecule has 0 spiro atoms. The number of ether oxygens (including phenoxy) is 1. The summed E-state index contributed by atoms with van der Waals surface area (Å²) >= 11 is 0. The van der Waals surface area contributed by atoms with Gasteiger partial charge in [-0.1, -0.05) is 116 Å². The number of halogens is 1. The highest BCUT2D eigenvalue weighted by Gasteiger charge is 2.07. The second-order valence-corrected chi connectivity index (χ2v) is 9.91. The number of nitrogens with zero attached hydrogens (tertiary/aromatic N) is 3. The minimum Gasteiger partial charge on any atom is -0.490 e. The lowest BCUT2D eigenvalue weighted by Gasteiger charge is -2.07. The summed E-state index contributed by atoms with van der Waals surface area (Å²) in [6, 6.07) is 6.14. The smallest absolute Gasteiger partial charge is 0.159 e. The molecule has 0 amide bonds. The third-order valence-electron chi connectivity index (χ3n) is 6.74. The molecule has 1 heterocycles. The standard InChI is InChI=1S/C31H46FN3O/c1-2-3-4-5-6-7-8-9-10-11-12-13-14-15-16-17-18-19-22-36-29-25-34-31(35-26-29)27-20-21-30(32)28(23-27)24-33/h20-21,23,25-26H,2-19,22H2,1H3. The Labute approximate surface area is 218 Å². The summed E-state index contributed by atoms with van der Waals surface area (Å²) in [5, 5.41) is 8.97. The molecule has 0 bridgehead atoms. The van der Waals surface area contributed by atoms with Crippen molar-refractivity contribution in [2.75, 3.05) is 6.61 Å². The molecule has 2 rings (SSSR count). The van der Waals surface area contributed by atoms with Gasteiger partial charge in [0.1, 0.15) is 11.9 Å². The minimum absolute atomic E-state index is 0.00879. The summed E-state index contributed by atoms with van der Waals surface area (Å²) in [6.07, 6.45) is 27.8. The van der Waals surface area contributed by atoms with Gasteiger partial charge in [-0.05, 0) is 24.6 Å². The van der Waals surface area contributed by atoms with Crippen LogP contribution in [0.15, 0.2) is 30.6 Å². The maximum Gasteiger partial charge on any atom is 0.159 e. The van der Waals surface area contributed by atoms with Crippen LogP contribution in [0.2, 0.25) is 0 Å². The number of nitriles is 1. The van der Waals surface area contributed by atoms with Crippen LogP contribution < -0.4 is 4.74 Å². The molecule has 0 saturated heterocycles. The van der Waals surface area contributed by atoms with Crippen molar-refractivity contribution in [3.63, 3.8) is 0 Å². The van der Waals surface area contributed by atoms with Gasteiger partial charge in [0.2, 0.25) is 0 Å². The van der Waals surface area contributed by atoms with E-state index in [1.165, 1.54) is 121 Å². The van der Waals surface area contributed by atoms with Gasteiger partial charge in [-0.2, -0.15) is 5.26 Å². The first kappa shape index (κ1) is 29.7. The summed E-state index contributed by atoms with van der Waals surface area (Å²) < 4.78 is 19.2. The molecule has 36 heavy (non-hydrogen) atoms. The Morgan fingerprint density at radius 2 is 1.19 bits per heavy atom. The van der Waals surface area contributed by atoms with Crippen molar-refractivity contribution in [2.24, 2.45) is 0 Å². The molecule has 0 radical (unpaired) electrons. The minimum atomic E-state index is -0.537. The fraction of sp³-hybridized carbons (Fsp3) is 0.645. The van der Waals surface area contributed by atoms with Crippen molar-refractivity contribution in [3.05, 3.63) is 42.0 Å². The molecular weight excluding hydrogens is 449 g/mol. The SMILES string of the molecule is CCCCCCCCCCCCCCCCCCCCOc1cnc(-c2ccc(F)c(C#N)c2)nc1. The van der Waals surface area contributed by atoms with Gasteiger partial charge < -0.3 is 4.74 Å². The van der Waals surface area contributed by atoms with Crippen LogP contribution in [0.1, 0.15) is 128 Å². The van der Waals surface area contributed by atoms with Crippen LogP contribution in [0.5, 0.6) is 5.75 Å². The van der Waals surface area contributed by atoms with Crippen LogP contribution in [0, 0.1) is 17.1 Å². The molecule has 0 fully saturated rings. The first-order chi connectivity index (χ1) is 17.7. The predicted octanol–water partition coefficient (Wildman–Crippen LogP) is 9.57. The van der Waals surface area contributed by atoms with Gasteiger partial charge in [0.15, 0.2) is 11.6 Å². The van der Waals surface area contributed by atoms with Gasteiger partial charge >= 0.3 is 0 Å². The molecule has 0 aliphatic heterocycles. The molecule has 1 aromatic carbocycles. The Bertz CT molecular complexity index is 863. The van der Waals surface area contributed by atoms with Crippen LogP contribution in [0.4, 0.5) is 4.39 Å². The highest BCUT2D eigenvalue weighted by Crippen LogP contribution is 2.20. The highest BCUT2D eigenvalue weighted by molar-refractivity contribution is 5.58. The van der Waals surface area contributed by atoms with Gasteiger partial charge in [-0.25, -0.2) is 14.4 Å². The van der Waals surface area contributed by atoms with E-state index in [4.69, 9.17) is 10.00 Å². The van der Waals surface area contributed by atoms with Crippen molar-refractivity contribution < 1.29 is 9.13 Å². The second-order valence-electron chi connectivity index (χ2n) is 9.91. The molecule has 0 saturated carbocycles. The largest absolute Gasteiger partial charge is 0.490 e. The van der Waals surface area contributed by atoms with Crippen LogP contribution in [-0.2, 0) is 0 Å². The van der Waals surface area contributed by atoms with E-state index < -0.39 is 5.82 Å². The van der Waals surface area contributed by atoms with Crippen molar-refractivity contribution >= 4 is 0 Å². The second kappa shape index (κ2) is 19.7. The first-order valence-corrected chi connectivity index (χ1v) is 14.4. The van der Waals surface area contributed by atoms with Crippen LogP contribution >= 0.6 is 0 Å². The summed E-state index contributed by atoms with van der Waals surface area (Å²) in [4.78, 5) is 8.57. The average Bonchev–Trinajstić information content (AvgIpc) is 2.90. The molecule has 0 aliphatic rings. The number of aromatic nitrogens is 2. The number of benzene rings is 1. The Morgan fingerprint density at radius 3 is 1.67 bits per heavy atom. The third kappa shape index (κ3) is 13.0. The molecule has 0 N–H and O–H groups in total. The van der Waals surface area contributed by atoms with E-state index in [2.05, 4.69) is 16.9 Å². The Morgan fingerprint density at radius 1 is 0.722 bits per heavy atom. The van der Waals surface area contributed by atoms with E-state index in [0.717, 1.165) is 6.42 Å². The molecule has 198 valence electrons. The van der Waals surface area contributed by atoms with Crippen LogP contribution in [0.25, 0.3) is 11.4 Å².